The van der Waals surface area contributed by atoms with Gasteiger partial charge in [-0.25, -0.2) is 8.42 Å². The van der Waals surface area contributed by atoms with Gasteiger partial charge < -0.3 is 5.73 Å². The molecule has 1 aliphatic rings. The predicted molar refractivity (Wildman–Crippen MR) is 86.9 cm³/mol. The van der Waals surface area contributed by atoms with Gasteiger partial charge in [-0.3, -0.25) is 4.98 Å². The molecule has 0 saturated carbocycles. The zero-order chi connectivity index (χ0) is 16.0. The molecule has 2 N–H and O–H groups in total. The van der Waals surface area contributed by atoms with Crippen molar-refractivity contribution >= 4 is 20.8 Å². The van der Waals surface area contributed by atoms with Crippen LogP contribution in [0.3, 0.4) is 0 Å². The van der Waals surface area contributed by atoms with Crippen LogP contribution in [0.5, 0.6) is 0 Å². The number of rotatable bonds is 2. The zero-order valence-electron chi connectivity index (χ0n) is 12.9. The Hall–Kier alpha value is -1.50. The molecule has 1 fully saturated rings. The minimum Gasteiger partial charge on any atom is -0.327 e. The maximum absolute atomic E-state index is 13.1. The highest BCUT2D eigenvalue weighted by Gasteiger charge is 2.39. The Bertz CT molecular complexity index is 797. The molecular weight excluding hydrogens is 298 g/mol. The summed E-state index contributed by atoms with van der Waals surface area (Å²) < 4.78 is 27.7. The van der Waals surface area contributed by atoms with Crippen LogP contribution in [0.15, 0.2) is 41.6 Å². The summed E-state index contributed by atoms with van der Waals surface area (Å²) >= 11 is 0. The molecule has 0 amide bonds. The first kappa shape index (κ1) is 15.4. The van der Waals surface area contributed by atoms with Gasteiger partial charge in [0, 0.05) is 42.3 Å². The minimum atomic E-state index is -3.53. The fraction of sp³-hybridized carbons (Fsp3) is 0.438. The normalized spacial score (nSPS) is 22.8. The Morgan fingerprint density at radius 2 is 2.09 bits per heavy atom. The fourth-order valence-corrected chi connectivity index (χ4v) is 4.83. The van der Waals surface area contributed by atoms with E-state index in [2.05, 4.69) is 4.98 Å². The van der Waals surface area contributed by atoms with Crippen molar-refractivity contribution in [2.45, 2.75) is 31.2 Å². The van der Waals surface area contributed by atoms with Gasteiger partial charge in [0.05, 0.1) is 4.90 Å². The second kappa shape index (κ2) is 5.30. The van der Waals surface area contributed by atoms with Crippen LogP contribution in [0.2, 0.25) is 0 Å². The summed E-state index contributed by atoms with van der Waals surface area (Å²) in [7, 11) is -3.53. The number of aromatic nitrogens is 1. The van der Waals surface area contributed by atoms with Crippen molar-refractivity contribution in [3.63, 3.8) is 0 Å². The smallest absolute Gasteiger partial charge is 0.243 e. The Balaban J connectivity index is 2.06. The summed E-state index contributed by atoms with van der Waals surface area (Å²) in [6, 6.07) is 7.08. The Kier molecular flexibility index (Phi) is 3.71. The number of piperidine rings is 1. The molecule has 1 unspecified atom stereocenters. The van der Waals surface area contributed by atoms with Crippen LogP contribution in [0, 0.1) is 5.41 Å². The number of benzene rings is 1. The van der Waals surface area contributed by atoms with E-state index >= 15 is 0 Å². The van der Waals surface area contributed by atoms with E-state index in [4.69, 9.17) is 5.73 Å². The number of nitrogens with two attached hydrogens (primary N) is 1. The quantitative estimate of drug-likeness (QED) is 0.918. The zero-order valence-corrected chi connectivity index (χ0v) is 13.7. The topological polar surface area (TPSA) is 76.3 Å². The highest BCUT2D eigenvalue weighted by molar-refractivity contribution is 7.89. The number of hydrogen-bond acceptors (Lipinski definition) is 4. The van der Waals surface area contributed by atoms with E-state index in [1.165, 1.54) is 0 Å². The molecule has 2 heterocycles. The van der Waals surface area contributed by atoms with E-state index in [0.717, 1.165) is 5.39 Å². The second-order valence-electron chi connectivity index (χ2n) is 6.58. The fourth-order valence-electron chi connectivity index (χ4n) is 2.99. The average molecular weight is 319 g/mol. The lowest BCUT2D eigenvalue weighted by molar-refractivity contribution is 0.155. The lowest BCUT2D eigenvalue weighted by atomic mass is 9.81. The highest BCUT2D eigenvalue weighted by Crippen LogP contribution is 2.33. The van der Waals surface area contributed by atoms with Gasteiger partial charge in [0.15, 0.2) is 0 Å². The van der Waals surface area contributed by atoms with Crippen molar-refractivity contribution in [3.8, 4) is 0 Å². The number of fused-ring (bicyclic) bond motifs is 1. The van der Waals surface area contributed by atoms with Crippen molar-refractivity contribution in [1.82, 2.24) is 9.29 Å². The predicted octanol–water partition coefficient (Wildman–Crippen LogP) is 1.98. The van der Waals surface area contributed by atoms with Crippen LogP contribution in [0.1, 0.15) is 20.3 Å². The van der Waals surface area contributed by atoms with E-state index in [1.54, 1.807) is 34.9 Å². The van der Waals surface area contributed by atoms with Gasteiger partial charge >= 0.3 is 0 Å². The Labute approximate surface area is 131 Å². The molecule has 118 valence electrons. The third-order valence-electron chi connectivity index (χ3n) is 4.54. The minimum absolute atomic E-state index is 0.0238. The van der Waals surface area contributed by atoms with Crippen LogP contribution in [0.25, 0.3) is 10.8 Å². The molecule has 0 spiro atoms. The van der Waals surface area contributed by atoms with Crippen molar-refractivity contribution in [2.24, 2.45) is 11.1 Å². The Morgan fingerprint density at radius 3 is 2.82 bits per heavy atom. The third-order valence-corrected chi connectivity index (χ3v) is 6.44. The molecule has 22 heavy (non-hydrogen) atoms. The van der Waals surface area contributed by atoms with E-state index < -0.39 is 10.0 Å². The lowest BCUT2D eigenvalue weighted by Gasteiger charge is -2.41. The van der Waals surface area contributed by atoms with Gasteiger partial charge in [-0.05, 0) is 24.0 Å². The molecule has 1 aromatic carbocycles. The Morgan fingerprint density at radius 1 is 1.32 bits per heavy atom. The molecule has 0 radical (unpaired) electrons. The van der Waals surface area contributed by atoms with Crippen LogP contribution < -0.4 is 5.73 Å². The van der Waals surface area contributed by atoms with Gasteiger partial charge in [0.25, 0.3) is 0 Å². The molecule has 5 nitrogen and oxygen atoms in total. The van der Waals surface area contributed by atoms with E-state index in [0.29, 0.717) is 29.8 Å². The molecule has 1 aromatic heterocycles. The molecule has 1 saturated heterocycles. The molecule has 3 rings (SSSR count). The standard InChI is InChI=1S/C16H21N3O2S/c1-16(2)11-19(9-7-15(16)17)22(20,21)14-5-3-4-12-10-18-8-6-13(12)14/h3-6,8,10,15H,7,9,11,17H2,1-2H3. The maximum Gasteiger partial charge on any atom is 0.243 e. The van der Waals surface area contributed by atoms with Crippen LogP contribution in [0.4, 0.5) is 0 Å². The first-order chi connectivity index (χ1) is 10.3. The first-order valence-electron chi connectivity index (χ1n) is 7.41. The van der Waals surface area contributed by atoms with Gasteiger partial charge in [-0.1, -0.05) is 26.0 Å². The van der Waals surface area contributed by atoms with Gasteiger partial charge in [-0.15, -0.1) is 0 Å². The summed E-state index contributed by atoms with van der Waals surface area (Å²) in [6.07, 6.45) is 3.99. The molecule has 0 bridgehead atoms. The van der Waals surface area contributed by atoms with E-state index in [-0.39, 0.29) is 11.5 Å². The third kappa shape index (κ3) is 2.51. The number of hydrogen-bond donors (Lipinski definition) is 1. The van der Waals surface area contributed by atoms with Crippen LogP contribution >= 0.6 is 0 Å². The molecular formula is C16H21N3O2S. The summed E-state index contributed by atoms with van der Waals surface area (Å²) in [5, 5.41) is 1.54. The van der Waals surface area contributed by atoms with Crippen LogP contribution in [-0.2, 0) is 10.0 Å². The SMILES string of the molecule is CC1(C)CN(S(=O)(=O)c2cccc3cnccc23)CCC1N. The largest absolute Gasteiger partial charge is 0.327 e. The molecule has 0 aliphatic carbocycles. The van der Waals surface area contributed by atoms with E-state index in [1.807, 2.05) is 19.9 Å². The molecule has 1 atom stereocenters. The van der Waals surface area contributed by atoms with Gasteiger partial charge in [0.1, 0.15) is 0 Å². The molecule has 2 aromatic rings. The highest BCUT2D eigenvalue weighted by atomic mass is 32.2. The summed E-state index contributed by atoms with van der Waals surface area (Å²) in [5.74, 6) is 0. The summed E-state index contributed by atoms with van der Waals surface area (Å²) in [6.45, 7) is 4.95. The number of sulfonamides is 1. The summed E-state index contributed by atoms with van der Waals surface area (Å²) in [4.78, 5) is 4.40. The second-order valence-corrected chi connectivity index (χ2v) is 8.48. The average Bonchev–Trinajstić information content (AvgIpc) is 2.49. The van der Waals surface area contributed by atoms with Gasteiger partial charge in [-0.2, -0.15) is 4.31 Å². The maximum atomic E-state index is 13.1. The number of nitrogens with zero attached hydrogens (tertiary/aromatic N) is 2. The summed E-state index contributed by atoms with van der Waals surface area (Å²) in [5.41, 5.74) is 5.89. The van der Waals surface area contributed by atoms with E-state index in [9.17, 15) is 8.42 Å². The number of pyridine rings is 1. The molecule has 6 heteroatoms. The lowest BCUT2D eigenvalue weighted by Crippen LogP contribution is -2.53. The first-order valence-corrected chi connectivity index (χ1v) is 8.85. The van der Waals surface area contributed by atoms with Crippen molar-refractivity contribution < 1.29 is 8.42 Å². The van der Waals surface area contributed by atoms with Crippen LogP contribution in [-0.4, -0.2) is 36.8 Å². The van der Waals surface area contributed by atoms with Crippen molar-refractivity contribution in [3.05, 3.63) is 36.7 Å². The monoisotopic (exact) mass is 319 g/mol. The van der Waals surface area contributed by atoms with Crippen molar-refractivity contribution in [2.75, 3.05) is 13.1 Å². The van der Waals surface area contributed by atoms with Crippen molar-refractivity contribution in [1.29, 1.82) is 0 Å². The van der Waals surface area contributed by atoms with Gasteiger partial charge in [0.2, 0.25) is 10.0 Å². The molecule has 1 aliphatic heterocycles.